The number of benzene rings is 2. The summed E-state index contributed by atoms with van der Waals surface area (Å²) in [6.07, 6.45) is 5.47. The number of imidazole rings is 1. The SMILES string of the molecule is O=C(C1CC1)N1CCC[C@@H](Nc2nccc(-n3c(-c4ccc(Cl)c(Cl)c4)nc4cc(O)c(O)cc43)n2)C1. The second-order valence-corrected chi connectivity index (χ2v) is 10.3. The minimum Gasteiger partial charge on any atom is -0.504 e. The Bertz CT molecular complexity index is 1520. The van der Waals surface area contributed by atoms with Crippen LogP contribution in [0.1, 0.15) is 25.7 Å². The fourth-order valence-corrected chi connectivity index (χ4v) is 5.07. The predicted molar refractivity (Wildman–Crippen MR) is 141 cm³/mol. The molecule has 2 aliphatic rings. The Morgan fingerprint density at radius 2 is 1.81 bits per heavy atom. The average Bonchev–Trinajstić information content (AvgIpc) is 3.68. The zero-order chi connectivity index (χ0) is 25.7. The van der Waals surface area contributed by atoms with Crippen LogP contribution in [0.2, 0.25) is 10.0 Å². The average molecular weight is 539 g/mol. The predicted octanol–water partition coefficient (Wildman–Crippen LogP) is 5.01. The number of halogens is 2. The molecule has 3 N–H and O–H groups in total. The maximum absolute atomic E-state index is 12.6. The Morgan fingerprint density at radius 1 is 1.00 bits per heavy atom. The number of phenols is 2. The van der Waals surface area contributed by atoms with Crippen LogP contribution in [0.3, 0.4) is 0 Å². The van der Waals surface area contributed by atoms with Crippen LogP contribution in [0, 0.1) is 5.92 Å². The zero-order valence-corrected chi connectivity index (χ0v) is 21.2. The molecule has 0 bridgehead atoms. The first-order valence-corrected chi connectivity index (χ1v) is 12.9. The molecule has 1 saturated heterocycles. The molecule has 3 heterocycles. The van der Waals surface area contributed by atoms with E-state index in [1.54, 1.807) is 35.0 Å². The largest absolute Gasteiger partial charge is 0.504 e. The van der Waals surface area contributed by atoms with Crippen molar-refractivity contribution in [2.45, 2.75) is 31.7 Å². The number of phenolic OH excluding ortho intramolecular Hbond substituents is 2. The molecule has 1 saturated carbocycles. The van der Waals surface area contributed by atoms with Crippen LogP contribution in [0.25, 0.3) is 28.2 Å². The van der Waals surface area contributed by atoms with E-state index in [9.17, 15) is 15.0 Å². The van der Waals surface area contributed by atoms with E-state index < -0.39 is 0 Å². The fourth-order valence-electron chi connectivity index (χ4n) is 4.77. The van der Waals surface area contributed by atoms with Crippen LogP contribution < -0.4 is 5.32 Å². The molecule has 2 fully saturated rings. The number of carbonyl (C=O) groups is 1. The molecule has 0 spiro atoms. The van der Waals surface area contributed by atoms with Crippen molar-refractivity contribution in [3.8, 4) is 28.7 Å². The lowest BCUT2D eigenvalue weighted by atomic mass is 10.1. The number of fused-ring (bicyclic) bond motifs is 1. The van der Waals surface area contributed by atoms with Gasteiger partial charge in [-0.15, -0.1) is 0 Å². The number of amides is 1. The normalized spacial score (nSPS) is 17.8. The van der Waals surface area contributed by atoms with E-state index in [-0.39, 0.29) is 29.4 Å². The van der Waals surface area contributed by atoms with Gasteiger partial charge in [-0.1, -0.05) is 23.2 Å². The van der Waals surface area contributed by atoms with Crippen molar-refractivity contribution in [2.75, 3.05) is 18.4 Å². The lowest BCUT2D eigenvalue weighted by Gasteiger charge is -2.33. The van der Waals surface area contributed by atoms with Crippen molar-refractivity contribution in [3.05, 3.63) is 52.6 Å². The van der Waals surface area contributed by atoms with E-state index in [1.807, 2.05) is 4.90 Å². The van der Waals surface area contributed by atoms with Crippen molar-refractivity contribution in [1.29, 1.82) is 0 Å². The number of nitrogens with zero attached hydrogens (tertiary/aromatic N) is 5. The quantitative estimate of drug-likeness (QED) is 0.305. The summed E-state index contributed by atoms with van der Waals surface area (Å²) >= 11 is 12.4. The number of aromatic nitrogens is 4. The molecule has 2 aromatic carbocycles. The number of nitrogens with one attached hydrogen (secondary N) is 1. The summed E-state index contributed by atoms with van der Waals surface area (Å²) < 4.78 is 1.77. The van der Waals surface area contributed by atoms with Gasteiger partial charge in [-0.3, -0.25) is 9.36 Å². The molecule has 1 aliphatic heterocycles. The van der Waals surface area contributed by atoms with Crippen LogP contribution in [-0.2, 0) is 4.79 Å². The molecule has 4 aromatic rings. The Balaban J connectivity index is 1.37. The van der Waals surface area contributed by atoms with E-state index in [1.165, 1.54) is 12.1 Å². The Kier molecular flexibility index (Phi) is 6.04. The van der Waals surface area contributed by atoms with E-state index in [0.717, 1.165) is 32.2 Å². The maximum atomic E-state index is 12.6. The molecule has 0 unspecified atom stereocenters. The van der Waals surface area contributed by atoms with Crippen molar-refractivity contribution < 1.29 is 15.0 Å². The molecular formula is C26H24Cl2N6O3. The minimum atomic E-state index is -0.274. The monoisotopic (exact) mass is 538 g/mol. The van der Waals surface area contributed by atoms with Crippen molar-refractivity contribution in [2.24, 2.45) is 5.92 Å². The third kappa shape index (κ3) is 4.65. The lowest BCUT2D eigenvalue weighted by molar-refractivity contribution is -0.133. The Hall–Kier alpha value is -3.56. The highest BCUT2D eigenvalue weighted by molar-refractivity contribution is 6.42. The van der Waals surface area contributed by atoms with Gasteiger partial charge >= 0.3 is 0 Å². The summed E-state index contributed by atoms with van der Waals surface area (Å²) in [5, 5.41) is 24.5. The number of piperidine rings is 1. The van der Waals surface area contributed by atoms with Crippen molar-refractivity contribution in [3.63, 3.8) is 0 Å². The number of hydrogen-bond donors (Lipinski definition) is 3. The molecular weight excluding hydrogens is 515 g/mol. The topological polar surface area (TPSA) is 116 Å². The second kappa shape index (κ2) is 9.39. The molecule has 0 radical (unpaired) electrons. The summed E-state index contributed by atoms with van der Waals surface area (Å²) in [7, 11) is 0. The lowest BCUT2D eigenvalue weighted by Crippen LogP contribution is -2.45. The van der Waals surface area contributed by atoms with Gasteiger partial charge in [0.15, 0.2) is 11.5 Å². The molecule has 2 aromatic heterocycles. The number of rotatable bonds is 5. The summed E-state index contributed by atoms with van der Waals surface area (Å²) in [6.45, 7) is 1.41. The highest BCUT2D eigenvalue weighted by Crippen LogP contribution is 2.36. The smallest absolute Gasteiger partial charge is 0.225 e. The minimum absolute atomic E-state index is 0.0433. The van der Waals surface area contributed by atoms with Crippen LogP contribution in [-0.4, -0.2) is 59.7 Å². The molecule has 11 heteroatoms. The number of aromatic hydroxyl groups is 2. The molecule has 1 aliphatic carbocycles. The van der Waals surface area contributed by atoms with Gasteiger partial charge in [0.05, 0.1) is 21.1 Å². The Labute approximate surface area is 222 Å². The first kappa shape index (κ1) is 23.8. The Morgan fingerprint density at radius 3 is 2.59 bits per heavy atom. The molecule has 1 amide bonds. The third-order valence-electron chi connectivity index (χ3n) is 6.79. The van der Waals surface area contributed by atoms with Gasteiger partial charge < -0.3 is 20.4 Å². The first-order valence-electron chi connectivity index (χ1n) is 12.2. The third-order valence-corrected chi connectivity index (χ3v) is 7.53. The second-order valence-electron chi connectivity index (χ2n) is 9.51. The number of likely N-dealkylation sites (tertiary alicyclic amines) is 1. The van der Waals surface area contributed by atoms with Gasteiger partial charge in [0.1, 0.15) is 11.6 Å². The standard InChI is InChI=1S/C26H24Cl2N6O3/c27-17-6-5-15(10-18(17)28)24-31-19-11-21(35)22(36)12-20(19)34(24)23-7-8-29-26(32-23)30-16-2-1-9-33(13-16)25(37)14-3-4-14/h5-8,10-12,14,16,35-36H,1-4,9,13H2,(H,29,30,32)/t16-/m1/s1. The van der Waals surface area contributed by atoms with Crippen LogP contribution in [0.4, 0.5) is 5.95 Å². The first-order chi connectivity index (χ1) is 17.9. The summed E-state index contributed by atoms with van der Waals surface area (Å²) in [5.74, 6) is 1.34. The number of anilines is 1. The van der Waals surface area contributed by atoms with Gasteiger partial charge in [0.25, 0.3) is 0 Å². The van der Waals surface area contributed by atoms with Gasteiger partial charge in [-0.2, -0.15) is 4.98 Å². The van der Waals surface area contributed by atoms with Gasteiger partial charge in [-0.05, 0) is 49.9 Å². The number of hydrogen-bond acceptors (Lipinski definition) is 7. The fraction of sp³-hybridized carbons (Fsp3) is 0.308. The van der Waals surface area contributed by atoms with Crippen LogP contribution in [0.15, 0.2) is 42.6 Å². The highest BCUT2D eigenvalue weighted by atomic mass is 35.5. The summed E-state index contributed by atoms with van der Waals surface area (Å²) in [4.78, 5) is 28.4. The molecule has 6 rings (SSSR count). The number of carbonyl (C=O) groups excluding carboxylic acids is 1. The molecule has 1 atom stereocenters. The van der Waals surface area contributed by atoms with E-state index in [4.69, 9.17) is 33.2 Å². The van der Waals surface area contributed by atoms with E-state index in [2.05, 4.69) is 10.3 Å². The summed E-state index contributed by atoms with van der Waals surface area (Å²) in [6, 6.07) is 9.80. The maximum Gasteiger partial charge on any atom is 0.225 e. The highest BCUT2D eigenvalue weighted by Gasteiger charge is 2.35. The molecule has 9 nitrogen and oxygen atoms in total. The van der Waals surface area contributed by atoms with Gasteiger partial charge in [0.2, 0.25) is 11.9 Å². The molecule has 37 heavy (non-hydrogen) atoms. The van der Waals surface area contributed by atoms with Crippen molar-refractivity contribution >= 4 is 46.1 Å². The van der Waals surface area contributed by atoms with E-state index in [0.29, 0.717) is 50.8 Å². The van der Waals surface area contributed by atoms with Gasteiger partial charge in [0, 0.05) is 48.9 Å². The van der Waals surface area contributed by atoms with Crippen LogP contribution >= 0.6 is 23.2 Å². The molecule has 190 valence electrons. The van der Waals surface area contributed by atoms with Crippen molar-refractivity contribution in [1.82, 2.24) is 24.4 Å². The van der Waals surface area contributed by atoms with E-state index >= 15 is 0 Å². The van der Waals surface area contributed by atoms with Gasteiger partial charge in [-0.25, -0.2) is 9.97 Å². The zero-order valence-electron chi connectivity index (χ0n) is 19.7. The van der Waals surface area contributed by atoms with Crippen LogP contribution in [0.5, 0.6) is 11.5 Å². The summed E-state index contributed by atoms with van der Waals surface area (Å²) in [5.41, 5.74) is 1.69.